The van der Waals surface area contributed by atoms with Gasteiger partial charge in [0.25, 0.3) is 0 Å². The first kappa shape index (κ1) is 13.5. The molecule has 0 spiro atoms. The molecular formula is C14H17N3OS. The Morgan fingerprint density at radius 2 is 2.11 bits per heavy atom. The van der Waals surface area contributed by atoms with Crippen LogP contribution in [0.25, 0.3) is 0 Å². The van der Waals surface area contributed by atoms with Crippen LogP contribution in [0.2, 0.25) is 0 Å². The number of nitrogens with one attached hydrogen (secondary N) is 1. The Labute approximate surface area is 116 Å². The minimum absolute atomic E-state index is 0.0598. The summed E-state index contributed by atoms with van der Waals surface area (Å²) in [7, 11) is 0. The van der Waals surface area contributed by atoms with Crippen molar-refractivity contribution < 1.29 is 4.79 Å². The molecule has 0 saturated heterocycles. The van der Waals surface area contributed by atoms with E-state index < -0.39 is 0 Å². The summed E-state index contributed by atoms with van der Waals surface area (Å²) in [6, 6.07) is 7.62. The molecule has 0 aliphatic rings. The molecule has 0 unspecified atom stereocenters. The van der Waals surface area contributed by atoms with Crippen LogP contribution in [-0.2, 0) is 17.8 Å². The number of thiazole rings is 1. The third-order valence-electron chi connectivity index (χ3n) is 2.91. The lowest BCUT2D eigenvalue weighted by Gasteiger charge is -2.05. The molecule has 0 aliphatic carbocycles. The number of nitrogens with zero attached hydrogens (tertiary/aromatic N) is 1. The number of nitrogens with two attached hydrogens (primary N) is 1. The summed E-state index contributed by atoms with van der Waals surface area (Å²) < 4.78 is 0. The molecule has 0 saturated carbocycles. The second kappa shape index (κ2) is 6.33. The van der Waals surface area contributed by atoms with Crippen molar-refractivity contribution in [2.45, 2.75) is 26.3 Å². The van der Waals surface area contributed by atoms with E-state index in [-0.39, 0.29) is 5.91 Å². The van der Waals surface area contributed by atoms with Crippen LogP contribution in [0.15, 0.2) is 29.8 Å². The fourth-order valence-electron chi connectivity index (χ4n) is 1.71. The number of benzene rings is 1. The van der Waals surface area contributed by atoms with E-state index in [2.05, 4.69) is 10.3 Å². The molecule has 2 rings (SSSR count). The summed E-state index contributed by atoms with van der Waals surface area (Å²) in [5, 5.41) is 2.91. The Balaban J connectivity index is 1.76. The van der Waals surface area contributed by atoms with E-state index in [1.165, 1.54) is 0 Å². The van der Waals surface area contributed by atoms with Gasteiger partial charge < -0.3 is 11.1 Å². The first-order valence-electron chi connectivity index (χ1n) is 6.15. The van der Waals surface area contributed by atoms with Crippen LogP contribution in [0.1, 0.15) is 22.6 Å². The number of carbonyl (C=O) groups excluding carboxylic acids is 1. The van der Waals surface area contributed by atoms with E-state index in [0.29, 0.717) is 13.0 Å². The fourth-order valence-corrected chi connectivity index (χ4v) is 2.42. The molecule has 0 fully saturated rings. The van der Waals surface area contributed by atoms with Gasteiger partial charge in [0, 0.05) is 17.0 Å². The quantitative estimate of drug-likeness (QED) is 0.823. The highest BCUT2D eigenvalue weighted by atomic mass is 32.1. The van der Waals surface area contributed by atoms with Gasteiger partial charge in [-0.05, 0) is 31.0 Å². The lowest BCUT2D eigenvalue weighted by atomic mass is 10.1. The second-order valence-corrected chi connectivity index (χ2v) is 5.32. The predicted molar refractivity (Wildman–Crippen MR) is 77.9 cm³/mol. The van der Waals surface area contributed by atoms with Gasteiger partial charge in [-0.1, -0.05) is 12.1 Å². The van der Waals surface area contributed by atoms with Crippen LogP contribution in [0.5, 0.6) is 0 Å². The summed E-state index contributed by atoms with van der Waals surface area (Å²) >= 11 is 1.57. The smallest absolute Gasteiger partial charge is 0.220 e. The van der Waals surface area contributed by atoms with Gasteiger partial charge in [-0.2, -0.15) is 0 Å². The zero-order valence-corrected chi connectivity index (χ0v) is 11.7. The third kappa shape index (κ3) is 4.06. The van der Waals surface area contributed by atoms with E-state index >= 15 is 0 Å². The number of hydrogen-bond acceptors (Lipinski definition) is 4. The number of aryl methyl sites for hydroxylation is 2. The fraction of sp³-hybridized carbons (Fsp3) is 0.286. The summed E-state index contributed by atoms with van der Waals surface area (Å²) in [6.45, 7) is 2.52. The number of aromatic nitrogens is 1. The van der Waals surface area contributed by atoms with E-state index in [9.17, 15) is 4.79 Å². The Morgan fingerprint density at radius 3 is 2.74 bits per heavy atom. The predicted octanol–water partition coefficient (Wildman–Crippen LogP) is 2.28. The van der Waals surface area contributed by atoms with Gasteiger partial charge in [0.1, 0.15) is 0 Å². The van der Waals surface area contributed by atoms with Crippen molar-refractivity contribution in [1.29, 1.82) is 0 Å². The van der Waals surface area contributed by atoms with Crippen molar-refractivity contribution in [2.75, 3.05) is 5.73 Å². The lowest BCUT2D eigenvalue weighted by molar-refractivity contribution is -0.121. The molecule has 19 heavy (non-hydrogen) atoms. The van der Waals surface area contributed by atoms with Crippen molar-refractivity contribution in [3.8, 4) is 0 Å². The van der Waals surface area contributed by atoms with Crippen LogP contribution in [0.4, 0.5) is 5.69 Å². The maximum Gasteiger partial charge on any atom is 0.220 e. The van der Waals surface area contributed by atoms with Gasteiger partial charge >= 0.3 is 0 Å². The highest BCUT2D eigenvalue weighted by Gasteiger charge is 2.05. The number of carbonyl (C=O) groups is 1. The van der Waals surface area contributed by atoms with E-state index in [0.717, 1.165) is 28.2 Å². The first-order chi connectivity index (χ1) is 9.15. The Bertz CT molecular complexity index is 548. The largest absolute Gasteiger partial charge is 0.399 e. The topological polar surface area (TPSA) is 68.0 Å². The van der Waals surface area contributed by atoms with E-state index in [1.54, 1.807) is 16.8 Å². The minimum Gasteiger partial charge on any atom is -0.399 e. The molecule has 100 valence electrons. The molecule has 5 heteroatoms. The molecule has 1 aromatic carbocycles. The molecule has 1 heterocycles. The number of amides is 1. The Morgan fingerprint density at radius 1 is 1.37 bits per heavy atom. The molecule has 3 N–H and O–H groups in total. The molecule has 2 aromatic rings. The molecule has 0 atom stereocenters. The average molecular weight is 275 g/mol. The zero-order chi connectivity index (χ0) is 13.7. The van der Waals surface area contributed by atoms with Crippen molar-refractivity contribution in [1.82, 2.24) is 10.3 Å². The van der Waals surface area contributed by atoms with Crippen molar-refractivity contribution in [3.05, 3.63) is 45.9 Å². The summed E-state index contributed by atoms with van der Waals surface area (Å²) in [5.41, 5.74) is 10.3. The summed E-state index contributed by atoms with van der Waals surface area (Å²) in [4.78, 5) is 17.0. The van der Waals surface area contributed by atoms with Gasteiger partial charge in [0.05, 0.1) is 17.7 Å². The summed E-state index contributed by atoms with van der Waals surface area (Å²) in [6.07, 6.45) is 1.22. The average Bonchev–Trinajstić information content (AvgIpc) is 2.81. The molecule has 0 bridgehead atoms. The zero-order valence-electron chi connectivity index (χ0n) is 10.8. The minimum atomic E-state index is 0.0598. The lowest BCUT2D eigenvalue weighted by Crippen LogP contribution is -2.22. The number of nitrogen functional groups attached to an aromatic ring is 1. The Hall–Kier alpha value is -1.88. The van der Waals surface area contributed by atoms with Crippen LogP contribution >= 0.6 is 11.3 Å². The number of anilines is 1. The van der Waals surface area contributed by atoms with Crippen molar-refractivity contribution >= 4 is 22.9 Å². The highest BCUT2D eigenvalue weighted by Crippen LogP contribution is 2.11. The normalized spacial score (nSPS) is 10.4. The Kier molecular flexibility index (Phi) is 4.52. The number of rotatable bonds is 5. The molecular weight excluding hydrogens is 258 g/mol. The van der Waals surface area contributed by atoms with Gasteiger partial charge in [-0.25, -0.2) is 4.98 Å². The van der Waals surface area contributed by atoms with Gasteiger partial charge in [-0.3, -0.25) is 4.79 Å². The number of hydrogen-bond donors (Lipinski definition) is 2. The molecule has 4 nitrogen and oxygen atoms in total. The maximum absolute atomic E-state index is 11.7. The third-order valence-corrected chi connectivity index (χ3v) is 3.85. The maximum atomic E-state index is 11.7. The van der Waals surface area contributed by atoms with E-state index in [1.807, 2.05) is 31.2 Å². The van der Waals surface area contributed by atoms with Crippen molar-refractivity contribution in [3.63, 3.8) is 0 Å². The molecule has 1 aromatic heterocycles. The highest BCUT2D eigenvalue weighted by molar-refractivity contribution is 7.09. The van der Waals surface area contributed by atoms with Crippen LogP contribution < -0.4 is 11.1 Å². The standard InChI is InChI=1S/C14H17N3OS/c1-10-13(19-9-17-10)8-16-14(18)7-4-11-2-5-12(15)6-3-11/h2-3,5-6,9H,4,7-8,15H2,1H3,(H,16,18). The van der Waals surface area contributed by atoms with Crippen LogP contribution in [-0.4, -0.2) is 10.9 Å². The summed E-state index contributed by atoms with van der Waals surface area (Å²) in [5.74, 6) is 0.0598. The molecule has 0 radical (unpaired) electrons. The van der Waals surface area contributed by atoms with Crippen LogP contribution in [0.3, 0.4) is 0 Å². The first-order valence-corrected chi connectivity index (χ1v) is 7.03. The van der Waals surface area contributed by atoms with Crippen molar-refractivity contribution in [2.24, 2.45) is 0 Å². The monoisotopic (exact) mass is 275 g/mol. The second-order valence-electron chi connectivity index (χ2n) is 4.38. The van der Waals surface area contributed by atoms with Gasteiger partial charge in [0.15, 0.2) is 0 Å². The molecule has 0 aliphatic heterocycles. The van der Waals surface area contributed by atoms with Gasteiger partial charge in [-0.15, -0.1) is 11.3 Å². The van der Waals surface area contributed by atoms with Gasteiger partial charge in [0.2, 0.25) is 5.91 Å². The SMILES string of the molecule is Cc1ncsc1CNC(=O)CCc1ccc(N)cc1. The van der Waals surface area contributed by atoms with E-state index in [4.69, 9.17) is 5.73 Å². The van der Waals surface area contributed by atoms with Crippen LogP contribution in [0, 0.1) is 6.92 Å². The molecule has 1 amide bonds.